The predicted octanol–water partition coefficient (Wildman–Crippen LogP) is 2.52. The number of hydrogen-bond acceptors (Lipinski definition) is 2. The van der Waals surface area contributed by atoms with Gasteiger partial charge in [-0.05, 0) is 37.9 Å². The number of nitrogens with zero attached hydrogens (tertiary/aromatic N) is 2. The average molecular weight is 229 g/mol. The van der Waals surface area contributed by atoms with E-state index >= 15 is 0 Å². The highest BCUT2D eigenvalue weighted by molar-refractivity contribution is 5.66. The Morgan fingerprint density at radius 1 is 1.29 bits per heavy atom. The Kier molecular flexibility index (Phi) is 3.59. The number of rotatable bonds is 4. The minimum Gasteiger partial charge on any atom is -0.330 e. The number of benzene rings is 1. The molecule has 0 amide bonds. The van der Waals surface area contributed by atoms with E-state index in [2.05, 4.69) is 43.3 Å². The van der Waals surface area contributed by atoms with Crippen molar-refractivity contribution in [2.24, 2.45) is 5.73 Å². The summed E-state index contributed by atoms with van der Waals surface area (Å²) in [6, 6.07) is 6.50. The van der Waals surface area contributed by atoms with Gasteiger partial charge < -0.3 is 5.73 Å². The summed E-state index contributed by atoms with van der Waals surface area (Å²) < 4.78 is 1.96. The molecule has 2 aromatic rings. The molecule has 2 rings (SSSR count). The second-order valence-electron chi connectivity index (χ2n) is 4.45. The van der Waals surface area contributed by atoms with E-state index in [1.807, 2.05) is 10.9 Å². The van der Waals surface area contributed by atoms with Gasteiger partial charge in [0.25, 0.3) is 0 Å². The van der Waals surface area contributed by atoms with E-state index in [1.165, 1.54) is 22.3 Å². The molecule has 1 aromatic heterocycles. The van der Waals surface area contributed by atoms with Crippen LogP contribution in [0.4, 0.5) is 0 Å². The molecule has 3 nitrogen and oxygen atoms in total. The number of aryl methyl sites for hydroxylation is 3. The van der Waals surface area contributed by atoms with Gasteiger partial charge in [-0.2, -0.15) is 5.10 Å². The highest BCUT2D eigenvalue weighted by atomic mass is 15.3. The van der Waals surface area contributed by atoms with Crippen LogP contribution in [-0.4, -0.2) is 16.3 Å². The molecule has 0 atom stereocenters. The van der Waals surface area contributed by atoms with E-state index < -0.39 is 0 Å². The van der Waals surface area contributed by atoms with Crippen LogP contribution in [0.1, 0.15) is 17.5 Å². The van der Waals surface area contributed by atoms with Gasteiger partial charge in [-0.25, -0.2) is 0 Å². The lowest BCUT2D eigenvalue weighted by Gasteiger charge is -2.04. The van der Waals surface area contributed by atoms with Crippen LogP contribution in [0.5, 0.6) is 0 Å². The van der Waals surface area contributed by atoms with Crippen molar-refractivity contribution in [2.45, 2.75) is 26.8 Å². The number of aromatic nitrogens is 2. The topological polar surface area (TPSA) is 43.8 Å². The highest BCUT2D eigenvalue weighted by Crippen LogP contribution is 2.23. The molecule has 0 bridgehead atoms. The SMILES string of the molecule is Cc1ccc(-c2cnn(CCCN)c2)c(C)c1. The van der Waals surface area contributed by atoms with Crippen LogP contribution in [0, 0.1) is 13.8 Å². The molecule has 3 heteroatoms. The number of hydrogen-bond donors (Lipinski definition) is 1. The van der Waals surface area contributed by atoms with E-state index in [1.54, 1.807) is 0 Å². The van der Waals surface area contributed by atoms with Crippen LogP contribution in [0.15, 0.2) is 30.6 Å². The molecule has 1 heterocycles. The summed E-state index contributed by atoms with van der Waals surface area (Å²) in [6.45, 7) is 5.85. The average Bonchev–Trinajstić information content (AvgIpc) is 2.75. The van der Waals surface area contributed by atoms with Gasteiger partial charge in [0, 0.05) is 18.3 Å². The van der Waals surface area contributed by atoms with Gasteiger partial charge in [-0.15, -0.1) is 0 Å². The summed E-state index contributed by atoms with van der Waals surface area (Å²) in [5.74, 6) is 0. The molecule has 0 radical (unpaired) electrons. The lowest BCUT2D eigenvalue weighted by Crippen LogP contribution is -2.05. The molecule has 0 unspecified atom stereocenters. The molecule has 17 heavy (non-hydrogen) atoms. The summed E-state index contributed by atoms with van der Waals surface area (Å²) in [4.78, 5) is 0. The standard InChI is InChI=1S/C14H19N3/c1-11-4-5-14(12(2)8-11)13-9-16-17(10-13)7-3-6-15/h4-5,8-10H,3,6-7,15H2,1-2H3. The fourth-order valence-corrected chi connectivity index (χ4v) is 2.02. The van der Waals surface area contributed by atoms with Crippen LogP contribution in [0.2, 0.25) is 0 Å². The molecule has 0 saturated heterocycles. The Balaban J connectivity index is 2.24. The smallest absolute Gasteiger partial charge is 0.0568 e. The van der Waals surface area contributed by atoms with Crippen molar-refractivity contribution >= 4 is 0 Å². The van der Waals surface area contributed by atoms with Crippen molar-refractivity contribution in [3.05, 3.63) is 41.7 Å². The Hall–Kier alpha value is -1.61. The van der Waals surface area contributed by atoms with Gasteiger partial charge in [-0.3, -0.25) is 4.68 Å². The maximum absolute atomic E-state index is 5.49. The first-order valence-corrected chi connectivity index (χ1v) is 6.01. The van der Waals surface area contributed by atoms with Crippen molar-refractivity contribution in [3.8, 4) is 11.1 Å². The molecule has 90 valence electrons. The summed E-state index contributed by atoms with van der Waals surface area (Å²) in [6.07, 6.45) is 4.98. The monoisotopic (exact) mass is 229 g/mol. The molecule has 0 saturated carbocycles. The van der Waals surface area contributed by atoms with Gasteiger partial charge in [0.15, 0.2) is 0 Å². The fourth-order valence-electron chi connectivity index (χ4n) is 2.02. The minimum absolute atomic E-state index is 0.707. The van der Waals surface area contributed by atoms with Gasteiger partial charge in [0.1, 0.15) is 0 Å². The molecule has 0 aliphatic carbocycles. The van der Waals surface area contributed by atoms with Crippen LogP contribution in [-0.2, 0) is 6.54 Å². The zero-order chi connectivity index (χ0) is 12.3. The van der Waals surface area contributed by atoms with Crippen molar-refractivity contribution in [1.29, 1.82) is 0 Å². The summed E-state index contributed by atoms with van der Waals surface area (Å²) in [5, 5.41) is 4.35. The molecular formula is C14H19N3. The molecule has 2 N–H and O–H groups in total. The first-order chi connectivity index (χ1) is 8.20. The molecule has 0 aliphatic heterocycles. The minimum atomic E-state index is 0.707. The van der Waals surface area contributed by atoms with Crippen molar-refractivity contribution < 1.29 is 0 Å². The van der Waals surface area contributed by atoms with Crippen LogP contribution in [0.25, 0.3) is 11.1 Å². The Morgan fingerprint density at radius 3 is 2.82 bits per heavy atom. The Morgan fingerprint density at radius 2 is 2.12 bits per heavy atom. The van der Waals surface area contributed by atoms with Crippen LogP contribution < -0.4 is 5.73 Å². The fraction of sp³-hybridized carbons (Fsp3) is 0.357. The third-order valence-electron chi connectivity index (χ3n) is 2.92. The van der Waals surface area contributed by atoms with E-state index in [4.69, 9.17) is 5.73 Å². The second-order valence-corrected chi connectivity index (χ2v) is 4.45. The van der Waals surface area contributed by atoms with E-state index in [-0.39, 0.29) is 0 Å². The van der Waals surface area contributed by atoms with Crippen molar-refractivity contribution in [3.63, 3.8) is 0 Å². The Labute approximate surface area is 102 Å². The van der Waals surface area contributed by atoms with E-state index in [0.29, 0.717) is 6.54 Å². The molecule has 0 spiro atoms. The van der Waals surface area contributed by atoms with E-state index in [9.17, 15) is 0 Å². The second kappa shape index (κ2) is 5.15. The lowest BCUT2D eigenvalue weighted by molar-refractivity contribution is 0.585. The maximum atomic E-state index is 5.49. The summed E-state index contributed by atoms with van der Waals surface area (Å²) in [7, 11) is 0. The van der Waals surface area contributed by atoms with Crippen molar-refractivity contribution in [1.82, 2.24) is 9.78 Å². The van der Waals surface area contributed by atoms with Gasteiger partial charge >= 0.3 is 0 Å². The van der Waals surface area contributed by atoms with Gasteiger partial charge in [0.2, 0.25) is 0 Å². The third kappa shape index (κ3) is 2.74. The van der Waals surface area contributed by atoms with Gasteiger partial charge in [-0.1, -0.05) is 23.8 Å². The van der Waals surface area contributed by atoms with Crippen LogP contribution >= 0.6 is 0 Å². The third-order valence-corrected chi connectivity index (χ3v) is 2.92. The molecular weight excluding hydrogens is 210 g/mol. The molecule has 0 aliphatic rings. The van der Waals surface area contributed by atoms with Gasteiger partial charge in [0.05, 0.1) is 6.20 Å². The highest BCUT2D eigenvalue weighted by Gasteiger charge is 2.04. The van der Waals surface area contributed by atoms with Crippen molar-refractivity contribution in [2.75, 3.05) is 6.54 Å². The normalized spacial score (nSPS) is 10.8. The molecule has 0 fully saturated rings. The van der Waals surface area contributed by atoms with Crippen LogP contribution in [0.3, 0.4) is 0 Å². The quantitative estimate of drug-likeness (QED) is 0.875. The lowest BCUT2D eigenvalue weighted by atomic mass is 10.0. The molecule has 1 aromatic carbocycles. The Bertz CT molecular complexity index is 500. The first kappa shape index (κ1) is 11.9. The summed E-state index contributed by atoms with van der Waals surface area (Å²) in [5.41, 5.74) is 10.5. The van der Waals surface area contributed by atoms with E-state index in [0.717, 1.165) is 13.0 Å². The predicted molar refractivity (Wildman–Crippen MR) is 70.8 cm³/mol. The zero-order valence-corrected chi connectivity index (χ0v) is 10.5. The first-order valence-electron chi connectivity index (χ1n) is 6.01. The largest absolute Gasteiger partial charge is 0.330 e. The summed E-state index contributed by atoms with van der Waals surface area (Å²) >= 11 is 0. The number of nitrogens with two attached hydrogens (primary N) is 1. The maximum Gasteiger partial charge on any atom is 0.0568 e. The zero-order valence-electron chi connectivity index (χ0n) is 10.5.